The van der Waals surface area contributed by atoms with Crippen molar-refractivity contribution in [1.82, 2.24) is 19.5 Å². The van der Waals surface area contributed by atoms with Crippen molar-refractivity contribution in [2.24, 2.45) is 0 Å². The molecule has 0 aliphatic carbocycles. The van der Waals surface area contributed by atoms with Crippen LogP contribution in [0, 0.1) is 0 Å². The highest BCUT2D eigenvalue weighted by Crippen LogP contribution is 2.31. The molecular weight excluding hydrogens is 368 g/mol. The number of nitrogens with one attached hydrogen (secondary N) is 1. The molecule has 0 unspecified atom stereocenters. The molecule has 0 spiro atoms. The van der Waals surface area contributed by atoms with Gasteiger partial charge in [0.25, 0.3) is 0 Å². The molecule has 0 amide bonds. The van der Waals surface area contributed by atoms with Gasteiger partial charge in [0.1, 0.15) is 17.1 Å². The fraction of sp³-hybridized carbons (Fsp3) is 0.0952. The molecule has 5 aromatic rings. The van der Waals surface area contributed by atoms with Crippen molar-refractivity contribution in [1.29, 1.82) is 0 Å². The second kappa shape index (κ2) is 6.83. The molecule has 0 aliphatic rings. The third-order valence-electron chi connectivity index (χ3n) is 4.72. The van der Waals surface area contributed by atoms with Gasteiger partial charge in [-0.25, -0.2) is 14.5 Å². The van der Waals surface area contributed by atoms with Crippen LogP contribution in [0.4, 0.5) is 11.8 Å². The van der Waals surface area contributed by atoms with Crippen molar-refractivity contribution < 1.29 is 9.15 Å². The van der Waals surface area contributed by atoms with Gasteiger partial charge in [-0.05, 0) is 30.3 Å². The van der Waals surface area contributed by atoms with Crippen LogP contribution in [0.1, 0.15) is 5.56 Å². The van der Waals surface area contributed by atoms with Crippen molar-refractivity contribution >= 4 is 33.7 Å². The number of aromatic nitrogens is 4. The third kappa shape index (κ3) is 2.91. The summed E-state index contributed by atoms with van der Waals surface area (Å²) in [5.41, 5.74) is 9.52. The van der Waals surface area contributed by atoms with Crippen LogP contribution in [-0.2, 0) is 6.54 Å². The Balaban J connectivity index is 1.72. The molecule has 3 heterocycles. The van der Waals surface area contributed by atoms with Gasteiger partial charge in [-0.1, -0.05) is 18.2 Å². The minimum absolute atomic E-state index is 0.321. The SMILES string of the molecule is COc1cccc2c(NCc3ccoc3)nc(-n3c(N)nc4ccccc43)nc12. The zero-order valence-electron chi connectivity index (χ0n) is 15.7. The summed E-state index contributed by atoms with van der Waals surface area (Å²) in [6, 6.07) is 15.3. The van der Waals surface area contributed by atoms with Gasteiger partial charge in [-0.2, -0.15) is 4.98 Å². The first kappa shape index (κ1) is 17.1. The number of rotatable bonds is 5. The first-order valence-electron chi connectivity index (χ1n) is 9.07. The topological polar surface area (TPSA) is 104 Å². The summed E-state index contributed by atoms with van der Waals surface area (Å²) in [6.07, 6.45) is 3.33. The van der Waals surface area contributed by atoms with E-state index in [-0.39, 0.29) is 0 Å². The number of nitrogen functional groups attached to an aromatic ring is 1. The van der Waals surface area contributed by atoms with E-state index in [9.17, 15) is 0 Å². The van der Waals surface area contributed by atoms with E-state index in [1.807, 2.05) is 48.5 Å². The largest absolute Gasteiger partial charge is 0.494 e. The maximum atomic E-state index is 6.21. The summed E-state index contributed by atoms with van der Waals surface area (Å²) < 4.78 is 12.4. The Bertz CT molecular complexity index is 1310. The minimum atomic E-state index is 0.321. The molecule has 3 N–H and O–H groups in total. The average molecular weight is 386 g/mol. The van der Waals surface area contributed by atoms with Crippen molar-refractivity contribution in [2.75, 3.05) is 18.2 Å². The van der Waals surface area contributed by atoms with E-state index >= 15 is 0 Å². The minimum Gasteiger partial charge on any atom is -0.494 e. The van der Waals surface area contributed by atoms with Gasteiger partial charge < -0.3 is 20.2 Å². The van der Waals surface area contributed by atoms with Crippen LogP contribution in [0.2, 0.25) is 0 Å². The van der Waals surface area contributed by atoms with Crippen LogP contribution in [0.15, 0.2) is 65.5 Å². The second-order valence-electron chi connectivity index (χ2n) is 6.51. The first-order chi connectivity index (χ1) is 14.2. The normalized spacial score (nSPS) is 11.2. The number of benzene rings is 2. The van der Waals surface area contributed by atoms with E-state index in [2.05, 4.69) is 10.3 Å². The predicted octanol–water partition coefficient (Wildman–Crippen LogP) is 3.76. The molecule has 3 aromatic heterocycles. The van der Waals surface area contributed by atoms with E-state index in [1.54, 1.807) is 24.2 Å². The molecule has 5 rings (SSSR count). The van der Waals surface area contributed by atoms with Crippen LogP contribution in [-0.4, -0.2) is 26.6 Å². The standard InChI is InChI=1S/C21H18N6O2/c1-28-17-8-4-5-14-18(17)25-21(26-19(14)23-11-13-9-10-29-12-13)27-16-7-3-2-6-15(16)24-20(27)22/h2-10,12H,11H2,1H3,(H2,22,24)(H,23,25,26). The van der Waals surface area contributed by atoms with E-state index in [0.717, 1.165) is 22.0 Å². The third-order valence-corrected chi connectivity index (χ3v) is 4.72. The second-order valence-corrected chi connectivity index (χ2v) is 6.51. The highest BCUT2D eigenvalue weighted by molar-refractivity contribution is 5.94. The maximum absolute atomic E-state index is 6.21. The molecular formula is C21H18N6O2. The quantitative estimate of drug-likeness (QED) is 0.474. The molecule has 0 radical (unpaired) electrons. The van der Waals surface area contributed by atoms with E-state index in [0.29, 0.717) is 35.5 Å². The van der Waals surface area contributed by atoms with Crippen molar-refractivity contribution in [3.05, 3.63) is 66.6 Å². The highest BCUT2D eigenvalue weighted by Gasteiger charge is 2.17. The summed E-state index contributed by atoms with van der Waals surface area (Å²) in [5, 5.41) is 4.22. The Kier molecular flexibility index (Phi) is 4.02. The number of hydrogen-bond donors (Lipinski definition) is 2. The zero-order valence-corrected chi connectivity index (χ0v) is 15.7. The molecule has 2 aromatic carbocycles. The molecule has 144 valence electrons. The Morgan fingerprint density at radius 1 is 1.07 bits per heavy atom. The molecule has 0 saturated heterocycles. The number of imidazole rings is 1. The lowest BCUT2D eigenvalue weighted by molar-refractivity contribution is 0.419. The summed E-state index contributed by atoms with van der Waals surface area (Å²) in [7, 11) is 1.62. The number of para-hydroxylation sites is 3. The van der Waals surface area contributed by atoms with E-state index in [1.165, 1.54) is 0 Å². The number of fused-ring (bicyclic) bond motifs is 2. The monoisotopic (exact) mass is 386 g/mol. The van der Waals surface area contributed by atoms with Gasteiger partial charge in [0.05, 0.1) is 30.7 Å². The fourth-order valence-corrected chi connectivity index (χ4v) is 3.35. The number of nitrogens with zero attached hydrogens (tertiary/aromatic N) is 4. The Labute approximate surface area is 166 Å². The number of methoxy groups -OCH3 is 1. The number of furan rings is 1. The van der Waals surface area contributed by atoms with Gasteiger partial charge in [-0.3, -0.25) is 0 Å². The fourth-order valence-electron chi connectivity index (χ4n) is 3.35. The van der Waals surface area contributed by atoms with E-state index < -0.39 is 0 Å². The molecule has 29 heavy (non-hydrogen) atoms. The summed E-state index contributed by atoms with van der Waals surface area (Å²) in [5.74, 6) is 2.06. The highest BCUT2D eigenvalue weighted by atomic mass is 16.5. The van der Waals surface area contributed by atoms with Gasteiger partial charge in [-0.15, -0.1) is 0 Å². The Hall–Kier alpha value is -4.07. The van der Waals surface area contributed by atoms with Crippen LogP contribution in [0.25, 0.3) is 27.9 Å². The summed E-state index contributed by atoms with van der Waals surface area (Å²) >= 11 is 0. The van der Waals surface area contributed by atoms with Crippen LogP contribution in [0.5, 0.6) is 5.75 Å². The average Bonchev–Trinajstić information content (AvgIpc) is 3.38. The molecule has 8 heteroatoms. The van der Waals surface area contributed by atoms with Crippen LogP contribution >= 0.6 is 0 Å². The van der Waals surface area contributed by atoms with Crippen molar-refractivity contribution in [3.8, 4) is 11.7 Å². The number of anilines is 2. The first-order valence-corrected chi connectivity index (χ1v) is 9.07. The predicted molar refractivity (Wildman–Crippen MR) is 111 cm³/mol. The maximum Gasteiger partial charge on any atom is 0.239 e. The van der Waals surface area contributed by atoms with Gasteiger partial charge >= 0.3 is 0 Å². The molecule has 0 fully saturated rings. The Morgan fingerprint density at radius 2 is 1.97 bits per heavy atom. The van der Waals surface area contributed by atoms with Gasteiger partial charge in [0.2, 0.25) is 11.9 Å². The molecule has 8 nitrogen and oxygen atoms in total. The summed E-state index contributed by atoms with van der Waals surface area (Å²) in [4.78, 5) is 13.9. The molecule has 0 bridgehead atoms. The van der Waals surface area contributed by atoms with Gasteiger partial charge in [0.15, 0.2) is 0 Å². The number of ether oxygens (including phenoxy) is 1. The lowest BCUT2D eigenvalue weighted by Crippen LogP contribution is -2.09. The Morgan fingerprint density at radius 3 is 2.79 bits per heavy atom. The van der Waals surface area contributed by atoms with Crippen LogP contribution in [0.3, 0.4) is 0 Å². The van der Waals surface area contributed by atoms with Crippen molar-refractivity contribution in [3.63, 3.8) is 0 Å². The van der Waals surface area contributed by atoms with Crippen LogP contribution < -0.4 is 15.8 Å². The van der Waals surface area contributed by atoms with E-state index in [4.69, 9.17) is 24.9 Å². The number of nitrogens with two attached hydrogens (primary N) is 1. The molecule has 0 saturated carbocycles. The van der Waals surface area contributed by atoms with Gasteiger partial charge in [0, 0.05) is 17.5 Å². The summed E-state index contributed by atoms with van der Waals surface area (Å²) in [6.45, 7) is 0.555. The lowest BCUT2D eigenvalue weighted by atomic mass is 10.2. The number of hydrogen-bond acceptors (Lipinski definition) is 7. The molecule has 0 atom stereocenters. The zero-order chi connectivity index (χ0) is 19.8. The smallest absolute Gasteiger partial charge is 0.239 e. The van der Waals surface area contributed by atoms with Crippen molar-refractivity contribution in [2.45, 2.75) is 6.54 Å². The molecule has 0 aliphatic heterocycles. The lowest BCUT2D eigenvalue weighted by Gasteiger charge is -2.13.